The third-order valence-electron chi connectivity index (χ3n) is 4.86. The van der Waals surface area contributed by atoms with Crippen LogP contribution in [0.25, 0.3) is 17.0 Å². The number of halogens is 1. The van der Waals surface area contributed by atoms with E-state index < -0.39 is 5.91 Å². The van der Waals surface area contributed by atoms with E-state index in [1.165, 1.54) is 6.08 Å². The number of nitriles is 1. The number of carbonyl (C=O) groups excluding carboxylic acids is 2. The largest absolute Gasteiger partial charge is 0.383 e. The minimum Gasteiger partial charge on any atom is -0.383 e. The van der Waals surface area contributed by atoms with E-state index in [2.05, 4.69) is 10.6 Å². The van der Waals surface area contributed by atoms with Crippen LogP contribution in [0.3, 0.4) is 0 Å². The molecule has 0 aliphatic heterocycles. The maximum atomic E-state index is 12.7. The fourth-order valence-corrected chi connectivity index (χ4v) is 3.38. The fourth-order valence-electron chi connectivity index (χ4n) is 3.20. The molecule has 1 aromatic heterocycles. The lowest BCUT2D eigenvalue weighted by Crippen LogP contribution is -2.30. The van der Waals surface area contributed by atoms with Gasteiger partial charge in [0, 0.05) is 47.0 Å². The molecule has 0 saturated heterocycles. The second kappa shape index (κ2) is 10.6. The van der Waals surface area contributed by atoms with Gasteiger partial charge in [-0.15, -0.1) is 0 Å². The number of aryl methyl sites for hydroxylation is 1. The molecule has 164 valence electrons. The SMILES string of the molecule is COCCNC(=O)Cn1cc(/C=C(\C#N)C(=O)Nc2ccc(C)c(Cl)c2)c2ccccc21. The first-order valence-corrected chi connectivity index (χ1v) is 10.3. The van der Waals surface area contributed by atoms with E-state index in [4.69, 9.17) is 16.3 Å². The van der Waals surface area contributed by atoms with Crippen LogP contribution < -0.4 is 10.6 Å². The van der Waals surface area contributed by atoms with Crippen molar-refractivity contribution in [2.45, 2.75) is 13.5 Å². The lowest BCUT2D eigenvalue weighted by Gasteiger charge is -2.06. The lowest BCUT2D eigenvalue weighted by molar-refractivity contribution is -0.121. The van der Waals surface area contributed by atoms with Crippen molar-refractivity contribution in [3.63, 3.8) is 0 Å². The van der Waals surface area contributed by atoms with Crippen LogP contribution in [0.4, 0.5) is 5.69 Å². The van der Waals surface area contributed by atoms with Crippen LogP contribution in [0, 0.1) is 18.3 Å². The van der Waals surface area contributed by atoms with Crippen LogP contribution in [0.15, 0.2) is 54.2 Å². The maximum Gasteiger partial charge on any atom is 0.266 e. The molecule has 0 spiro atoms. The van der Waals surface area contributed by atoms with E-state index in [9.17, 15) is 14.9 Å². The number of benzene rings is 2. The standard InChI is InChI=1S/C24H23ClN4O3/c1-16-7-8-19(12-21(16)25)28-24(31)17(13-26)11-18-14-29(15-23(30)27-9-10-32-2)22-6-4-3-5-20(18)22/h3-8,11-12,14H,9-10,15H2,1-2H3,(H,27,30)(H,28,31)/b17-11+. The first-order chi connectivity index (χ1) is 15.4. The molecule has 0 bridgehead atoms. The summed E-state index contributed by atoms with van der Waals surface area (Å²) in [6.45, 7) is 2.82. The van der Waals surface area contributed by atoms with E-state index >= 15 is 0 Å². The lowest BCUT2D eigenvalue weighted by atomic mass is 10.1. The number of nitrogens with one attached hydrogen (secondary N) is 2. The number of anilines is 1. The van der Waals surface area contributed by atoms with Gasteiger partial charge in [0.1, 0.15) is 18.2 Å². The predicted molar refractivity (Wildman–Crippen MR) is 125 cm³/mol. The average molecular weight is 451 g/mol. The summed E-state index contributed by atoms with van der Waals surface area (Å²) in [5.74, 6) is -0.700. The zero-order valence-electron chi connectivity index (χ0n) is 17.8. The minimum absolute atomic E-state index is 0.0610. The van der Waals surface area contributed by atoms with Crippen molar-refractivity contribution in [2.75, 3.05) is 25.6 Å². The molecule has 0 radical (unpaired) electrons. The number of methoxy groups -OCH3 is 1. The number of hydrogen-bond donors (Lipinski definition) is 2. The number of nitrogens with zero attached hydrogens (tertiary/aromatic N) is 2. The Balaban J connectivity index is 1.86. The van der Waals surface area contributed by atoms with Gasteiger partial charge in [-0.1, -0.05) is 35.9 Å². The normalized spacial score (nSPS) is 11.2. The summed E-state index contributed by atoms with van der Waals surface area (Å²) < 4.78 is 6.73. The Labute approximate surface area is 191 Å². The zero-order valence-corrected chi connectivity index (χ0v) is 18.6. The highest BCUT2D eigenvalue weighted by molar-refractivity contribution is 6.31. The number of carbonyl (C=O) groups is 2. The van der Waals surface area contributed by atoms with Crippen molar-refractivity contribution in [1.82, 2.24) is 9.88 Å². The van der Waals surface area contributed by atoms with E-state index in [-0.39, 0.29) is 18.0 Å². The molecule has 0 fully saturated rings. The summed E-state index contributed by atoms with van der Waals surface area (Å²) >= 11 is 6.12. The number of ether oxygens (including phenoxy) is 1. The van der Waals surface area contributed by atoms with Crippen molar-refractivity contribution < 1.29 is 14.3 Å². The van der Waals surface area contributed by atoms with Gasteiger partial charge in [-0.25, -0.2) is 0 Å². The molecule has 3 rings (SSSR count). The van der Waals surface area contributed by atoms with Gasteiger partial charge in [0.25, 0.3) is 5.91 Å². The minimum atomic E-state index is -0.540. The van der Waals surface area contributed by atoms with Crippen LogP contribution in [0.2, 0.25) is 5.02 Å². The molecule has 0 aliphatic rings. The molecule has 2 aromatic carbocycles. The Morgan fingerprint density at radius 3 is 2.75 bits per heavy atom. The summed E-state index contributed by atoms with van der Waals surface area (Å²) in [4.78, 5) is 24.9. The van der Waals surface area contributed by atoms with Gasteiger partial charge in [-0.2, -0.15) is 5.26 Å². The van der Waals surface area contributed by atoms with Crippen molar-refractivity contribution in [2.24, 2.45) is 0 Å². The first kappa shape index (κ1) is 23.1. The highest BCUT2D eigenvalue weighted by atomic mass is 35.5. The molecule has 0 unspecified atom stereocenters. The van der Waals surface area contributed by atoms with Gasteiger partial charge in [0.15, 0.2) is 0 Å². The molecule has 7 nitrogen and oxygen atoms in total. The quantitative estimate of drug-likeness (QED) is 0.309. The Hall–Kier alpha value is -3.60. The van der Waals surface area contributed by atoms with Gasteiger partial charge in [-0.05, 0) is 36.8 Å². The van der Waals surface area contributed by atoms with Gasteiger partial charge >= 0.3 is 0 Å². The third-order valence-corrected chi connectivity index (χ3v) is 5.26. The number of aromatic nitrogens is 1. The molecule has 8 heteroatoms. The van der Waals surface area contributed by atoms with Crippen LogP contribution in [0.1, 0.15) is 11.1 Å². The Kier molecular flexibility index (Phi) is 7.66. The van der Waals surface area contributed by atoms with Crippen LogP contribution >= 0.6 is 11.6 Å². The number of hydrogen-bond acceptors (Lipinski definition) is 4. The highest BCUT2D eigenvalue weighted by Crippen LogP contribution is 2.25. The Bertz CT molecular complexity index is 1220. The topological polar surface area (TPSA) is 96.2 Å². The summed E-state index contributed by atoms with van der Waals surface area (Å²) in [7, 11) is 1.57. The molecule has 0 saturated carbocycles. The van der Waals surface area contributed by atoms with Crippen molar-refractivity contribution in [3.05, 3.63) is 70.4 Å². The highest BCUT2D eigenvalue weighted by Gasteiger charge is 2.14. The van der Waals surface area contributed by atoms with Gasteiger partial charge in [-0.3, -0.25) is 9.59 Å². The number of amides is 2. The smallest absolute Gasteiger partial charge is 0.266 e. The summed E-state index contributed by atoms with van der Waals surface area (Å²) in [6.07, 6.45) is 3.28. The van der Waals surface area contributed by atoms with Crippen molar-refractivity contribution >= 4 is 46.1 Å². The molecule has 3 aromatic rings. The monoisotopic (exact) mass is 450 g/mol. The van der Waals surface area contributed by atoms with Crippen molar-refractivity contribution in [3.8, 4) is 6.07 Å². The van der Waals surface area contributed by atoms with E-state index in [0.717, 1.165) is 16.5 Å². The third kappa shape index (κ3) is 5.55. The number of para-hydroxylation sites is 1. The predicted octanol–water partition coefficient (Wildman–Crippen LogP) is 3.91. The first-order valence-electron chi connectivity index (χ1n) is 9.95. The Morgan fingerprint density at radius 1 is 1.25 bits per heavy atom. The Morgan fingerprint density at radius 2 is 2.03 bits per heavy atom. The number of rotatable bonds is 8. The van der Waals surface area contributed by atoms with E-state index in [1.54, 1.807) is 36.1 Å². The van der Waals surface area contributed by atoms with Gasteiger partial charge in [0.2, 0.25) is 5.91 Å². The van der Waals surface area contributed by atoms with Crippen LogP contribution in [-0.4, -0.2) is 36.6 Å². The summed E-state index contributed by atoms with van der Waals surface area (Å²) in [5, 5.41) is 16.4. The average Bonchev–Trinajstić information content (AvgIpc) is 3.12. The van der Waals surface area contributed by atoms with Crippen molar-refractivity contribution in [1.29, 1.82) is 5.26 Å². The molecular weight excluding hydrogens is 428 g/mol. The van der Waals surface area contributed by atoms with E-state index in [0.29, 0.717) is 29.4 Å². The number of fused-ring (bicyclic) bond motifs is 1. The van der Waals surface area contributed by atoms with Crippen LogP contribution in [0.5, 0.6) is 0 Å². The maximum absolute atomic E-state index is 12.7. The molecule has 1 heterocycles. The molecule has 2 amide bonds. The molecule has 2 N–H and O–H groups in total. The second-order valence-corrected chi connectivity index (χ2v) is 7.57. The molecular formula is C24H23ClN4O3. The van der Waals surface area contributed by atoms with E-state index in [1.807, 2.05) is 37.3 Å². The molecule has 32 heavy (non-hydrogen) atoms. The fraction of sp³-hybridized carbons (Fsp3) is 0.208. The zero-order chi connectivity index (χ0) is 23.1. The van der Waals surface area contributed by atoms with Gasteiger partial charge < -0.3 is 19.9 Å². The summed E-state index contributed by atoms with van der Waals surface area (Å²) in [6, 6.07) is 14.6. The van der Waals surface area contributed by atoms with Crippen LogP contribution in [-0.2, 0) is 20.9 Å². The van der Waals surface area contributed by atoms with Gasteiger partial charge in [0.05, 0.1) is 6.61 Å². The molecule has 0 atom stereocenters. The summed E-state index contributed by atoms with van der Waals surface area (Å²) in [5.41, 5.74) is 2.82. The molecule has 0 aliphatic carbocycles. The second-order valence-electron chi connectivity index (χ2n) is 7.16.